The van der Waals surface area contributed by atoms with E-state index in [1.807, 2.05) is 6.26 Å². The highest BCUT2D eigenvalue weighted by atomic mass is 32.2. The predicted molar refractivity (Wildman–Crippen MR) is 83.2 cm³/mol. The van der Waals surface area contributed by atoms with E-state index in [-0.39, 0.29) is 9.64 Å². The summed E-state index contributed by atoms with van der Waals surface area (Å²) in [6, 6.07) is 4.69. The molecule has 7 heteroatoms. The average molecular weight is 303 g/mol. The van der Waals surface area contributed by atoms with E-state index >= 15 is 0 Å². The van der Waals surface area contributed by atoms with Gasteiger partial charge < -0.3 is 11.1 Å². The van der Waals surface area contributed by atoms with Crippen LogP contribution in [0.15, 0.2) is 23.1 Å². The van der Waals surface area contributed by atoms with Crippen molar-refractivity contribution in [3.05, 3.63) is 18.2 Å². The highest BCUT2D eigenvalue weighted by Crippen LogP contribution is 2.26. The van der Waals surface area contributed by atoms with Gasteiger partial charge in [-0.2, -0.15) is 11.8 Å². The van der Waals surface area contributed by atoms with E-state index in [4.69, 9.17) is 5.73 Å². The van der Waals surface area contributed by atoms with Gasteiger partial charge in [0.25, 0.3) is 0 Å². The second-order valence-electron chi connectivity index (χ2n) is 4.77. The molecule has 4 N–H and O–H groups in total. The lowest BCUT2D eigenvalue weighted by atomic mass is 10.2. The van der Waals surface area contributed by atoms with Gasteiger partial charge in [-0.15, -0.1) is 0 Å². The lowest BCUT2D eigenvalue weighted by molar-refractivity contribution is 0.588. The van der Waals surface area contributed by atoms with Crippen molar-refractivity contribution in [1.29, 1.82) is 0 Å². The van der Waals surface area contributed by atoms with E-state index in [0.717, 1.165) is 12.2 Å². The van der Waals surface area contributed by atoms with Crippen molar-refractivity contribution in [2.45, 2.75) is 23.5 Å². The van der Waals surface area contributed by atoms with Crippen LogP contribution < -0.4 is 15.8 Å². The smallest absolute Gasteiger partial charge is 0.240 e. The van der Waals surface area contributed by atoms with Crippen molar-refractivity contribution in [3.63, 3.8) is 0 Å². The number of benzene rings is 1. The highest BCUT2D eigenvalue weighted by Gasteiger charge is 2.17. The fourth-order valence-electron chi connectivity index (χ4n) is 1.37. The molecule has 1 aromatic carbocycles. The van der Waals surface area contributed by atoms with Gasteiger partial charge in [0.15, 0.2) is 0 Å². The summed E-state index contributed by atoms with van der Waals surface area (Å²) >= 11 is 1.75. The normalized spacial score (nSPS) is 12.4. The molecule has 0 fully saturated rings. The summed E-state index contributed by atoms with van der Waals surface area (Å²) in [6.07, 6.45) is 2.05. The Morgan fingerprint density at radius 1 is 1.37 bits per heavy atom. The van der Waals surface area contributed by atoms with Crippen LogP contribution in [0.2, 0.25) is 0 Å². The minimum atomic E-state index is -3.45. The van der Waals surface area contributed by atoms with Crippen LogP contribution in [-0.4, -0.2) is 33.0 Å². The van der Waals surface area contributed by atoms with Crippen molar-refractivity contribution in [1.82, 2.24) is 4.72 Å². The Kier molecular flexibility index (Phi) is 5.11. The predicted octanol–water partition coefficient (Wildman–Crippen LogP) is 1.73. The maximum Gasteiger partial charge on any atom is 0.240 e. The monoisotopic (exact) mass is 303 g/mol. The Hall–Kier alpha value is -0.920. The van der Waals surface area contributed by atoms with Crippen LogP contribution in [0.5, 0.6) is 0 Å². The lowest BCUT2D eigenvalue weighted by Gasteiger charge is -2.23. The molecule has 5 nitrogen and oxygen atoms in total. The van der Waals surface area contributed by atoms with Gasteiger partial charge in [-0.25, -0.2) is 13.1 Å². The van der Waals surface area contributed by atoms with Gasteiger partial charge >= 0.3 is 0 Å². The lowest BCUT2D eigenvalue weighted by Crippen LogP contribution is -2.26. The summed E-state index contributed by atoms with van der Waals surface area (Å²) in [6.45, 7) is 5.00. The molecule has 0 saturated heterocycles. The fourth-order valence-corrected chi connectivity index (χ4v) is 2.35. The van der Waals surface area contributed by atoms with E-state index in [1.165, 1.54) is 19.2 Å². The highest BCUT2D eigenvalue weighted by molar-refractivity contribution is 7.99. The van der Waals surface area contributed by atoms with Crippen LogP contribution in [0.4, 0.5) is 11.4 Å². The zero-order chi connectivity index (χ0) is 14.7. The van der Waals surface area contributed by atoms with Crippen LogP contribution >= 0.6 is 11.8 Å². The summed E-state index contributed by atoms with van der Waals surface area (Å²) in [4.78, 5) is 0.169. The molecular weight excluding hydrogens is 282 g/mol. The minimum absolute atomic E-state index is 0.0855. The maximum absolute atomic E-state index is 11.6. The number of hydrogen-bond donors (Lipinski definition) is 3. The summed E-state index contributed by atoms with van der Waals surface area (Å²) in [5, 5.41) is 3.24. The molecule has 0 spiro atoms. The maximum atomic E-state index is 11.6. The van der Waals surface area contributed by atoms with Crippen LogP contribution in [0.25, 0.3) is 0 Å². The molecule has 0 amide bonds. The molecule has 0 aliphatic heterocycles. The average Bonchev–Trinajstić information content (AvgIpc) is 2.37. The van der Waals surface area contributed by atoms with Gasteiger partial charge in [-0.3, -0.25) is 0 Å². The number of sulfonamides is 1. The Labute approximate surface area is 119 Å². The first kappa shape index (κ1) is 16.1. The number of nitrogen functional groups attached to an aromatic ring is 1. The summed E-state index contributed by atoms with van der Waals surface area (Å²) in [5.74, 6) is 0. The molecule has 0 radical (unpaired) electrons. The summed E-state index contributed by atoms with van der Waals surface area (Å²) < 4.78 is 25.6. The first-order chi connectivity index (χ1) is 8.72. The molecule has 0 heterocycles. The molecule has 0 bridgehead atoms. The summed E-state index contributed by atoms with van der Waals surface area (Å²) in [7, 11) is -2.07. The van der Waals surface area contributed by atoms with Gasteiger partial charge in [0.05, 0.1) is 16.3 Å². The molecule has 0 unspecified atom stereocenters. The van der Waals surface area contributed by atoms with Crippen LogP contribution in [0.3, 0.4) is 0 Å². The third-order valence-corrected chi connectivity index (χ3v) is 5.52. The quantitative estimate of drug-likeness (QED) is 0.697. The van der Waals surface area contributed by atoms with Gasteiger partial charge in [0.2, 0.25) is 10.0 Å². The van der Waals surface area contributed by atoms with Gasteiger partial charge in [0.1, 0.15) is 0 Å². The van der Waals surface area contributed by atoms with Crippen molar-refractivity contribution in [2.24, 2.45) is 0 Å². The zero-order valence-corrected chi connectivity index (χ0v) is 13.3. The van der Waals surface area contributed by atoms with Crippen molar-refractivity contribution < 1.29 is 8.42 Å². The van der Waals surface area contributed by atoms with Crippen molar-refractivity contribution in [3.8, 4) is 0 Å². The van der Waals surface area contributed by atoms with E-state index in [2.05, 4.69) is 23.9 Å². The number of rotatable bonds is 6. The van der Waals surface area contributed by atoms with Crippen LogP contribution in [0, 0.1) is 0 Å². The molecule has 0 atom stereocenters. The van der Waals surface area contributed by atoms with Crippen LogP contribution in [-0.2, 0) is 10.0 Å². The largest absolute Gasteiger partial charge is 0.397 e. The number of nitrogens with one attached hydrogen (secondary N) is 2. The topological polar surface area (TPSA) is 84.2 Å². The molecule has 0 aliphatic carbocycles. The number of hydrogen-bond acceptors (Lipinski definition) is 5. The van der Waals surface area contributed by atoms with E-state index < -0.39 is 10.0 Å². The Morgan fingerprint density at radius 2 is 2.00 bits per heavy atom. The molecule has 108 valence electrons. The Bertz CT molecular complexity index is 542. The molecular formula is C12H21N3O2S2. The first-order valence-corrected chi connectivity index (χ1v) is 8.55. The third-order valence-electron chi connectivity index (χ3n) is 2.86. The minimum Gasteiger partial charge on any atom is -0.397 e. The Balaban J connectivity index is 2.90. The molecule has 1 aromatic rings. The zero-order valence-electron chi connectivity index (χ0n) is 11.6. The first-order valence-electron chi connectivity index (χ1n) is 5.84. The number of anilines is 2. The third kappa shape index (κ3) is 4.29. The van der Waals surface area contributed by atoms with Crippen molar-refractivity contribution in [2.75, 3.05) is 30.9 Å². The van der Waals surface area contributed by atoms with Gasteiger partial charge in [-0.1, -0.05) is 0 Å². The van der Waals surface area contributed by atoms with E-state index in [1.54, 1.807) is 17.8 Å². The molecule has 0 aromatic heterocycles. The van der Waals surface area contributed by atoms with Crippen LogP contribution in [0.1, 0.15) is 13.8 Å². The number of nitrogens with two attached hydrogens (primary N) is 1. The molecule has 0 saturated carbocycles. The van der Waals surface area contributed by atoms with Gasteiger partial charge in [-0.05, 0) is 45.4 Å². The SMILES string of the molecule is CNS(=O)(=O)c1ccc(NCC(C)(C)SC)c(N)c1. The number of thioether (sulfide) groups is 1. The fraction of sp³-hybridized carbons (Fsp3) is 0.500. The summed E-state index contributed by atoms with van der Waals surface area (Å²) in [5.41, 5.74) is 7.05. The second-order valence-corrected chi connectivity index (χ2v) is 8.17. The van der Waals surface area contributed by atoms with E-state index in [9.17, 15) is 8.42 Å². The molecule has 1 rings (SSSR count). The van der Waals surface area contributed by atoms with E-state index in [0.29, 0.717) is 5.69 Å². The van der Waals surface area contributed by atoms with Crippen molar-refractivity contribution >= 4 is 33.2 Å². The Morgan fingerprint density at radius 3 is 2.47 bits per heavy atom. The molecule has 19 heavy (non-hydrogen) atoms. The molecule has 0 aliphatic rings. The standard InChI is InChI=1S/C12H21N3O2S2/c1-12(2,18-4)8-15-11-6-5-9(7-10(11)13)19(16,17)14-3/h5-7,14-15H,8,13H2,1-4H3. The van der Waals surface area contributed by atoms with Gasteiger partial charge in [0, 0.05) is 11.3 Å². The second kappa shape index (κ2) is 6.02.